The number of rotatable bonds is 6. The van der Waals surface area contributed by atoms with Crippen LogP contribution in [0.25, 0.3) is 11.7 Å². The number of aromatic nitrogens is 2. The van der Waals surface area contributed by atoms with Gasteiger partial charge in [0, 0.05) is 18.5 Å². The van der Waals surface area contributed by atoms with Crippen LogP contribution >= 0.6 is 0 Å². The summed E-state index contributed by atoms with van der Waals surface area (Å²) in [4.78, 5) is 16.3. The second-order valence-electron chi connectivity index (χ2n) is 6.15. The van der Waals surface area contributed by atoms with Crippen LogP contribution in [0.4, 0.5) is 0 Å². The van der Waals surface area contributed by atoms with Crippen molar-refractivity contribution in [2.24, 2.45) is 0 Å². The molecule has 134 valence electrons. The maximum atomic E-state index is 12.0. The highest BCUT2D eigenvalue weighted by Gasteiger charge is 2.06. The molecule has 26 heavy (non-hydrogen) atoms. The number of amides is 1. The van der Waals surface area contributed by atoms with Crippen molar-refractivity contribution < 1.29 is 14.6 Å². The molecule has 0 saturated carbocycles. The zero-order valence-electron chi connectivity index (χ0n) is 14.7. The van der Waals surface area contributed by atoms with Gasteiger partial charge in [-0.05, 0) is 49.8 Å². The Morgan fingerprint density at radius 1 is 1.35 bits per heavy atom. The van der Waals surface area contributed by atoms with Gasteiger partial charge in [0.25, 0.3) is 0 Å². The summed E-state index contributed by atoms with van der Waals surface area (Å²) in [5, 5.41) is 12.5. The lowest BCUT2D eigenvalue weighted by atomic mass is 10.2. The van der Waals surface area contributed by atoms with Crippen molar-refractivity contribution in [3.63, 3.8) is 0 Å². The van der Waals surface area contributed by atoms with Gasteiger partial charge in [0.05, 0.1) is 18.3 Å². The molecule has 6 nitrogen and oxygen atoms in total. The number of nitrogens with zero attached hydrogens (tertiary/aromatic N) is 2. The van der Waals surface area contributed by atoms with Crippen molar-refractivity contribution in [1.82, 2.24) is 14.7 Å². The molecule has 0 aliphatic heterocycles. The highest BCUT2D eigenvalue weighted by Crippen LogP contribution is 2.17. The third-order valence-corrected chi connectivity index (χ3v) is 3.61. The predicted molar refractivity (Wildman–Crippen MR) is 99.9 cm³/mol. The van der Waals surface area contributed by atoms with E-state index in [0.29, 0.717) is 11.3 Å². The first kappa shape index (κ1) is 17.5. The average molecular weight is 351 g/mol. The molecule has 0 aliphatic carbocycles. The maximum absolute atomic E-state index is 12.0. The van der Waals surface area contributed by atoms with E-state index in [1.165, 1.54) is 6.08 Å². The van der Waals surface area contributed by atoms with Crippen molar-refractivity contribution in [1.29, 1.82) is 0 Å². The standard InChI is InChI=1S/C20H21N3O3/c1-14(2)26-17-6-3-5-15(11-17)8-9-19(25)21-12-16-13-23-10-4-7-18(24)20(23)22-16/h3-11,13-14,24H,12H2,1-2H3,(H,21,25)/b9-8+. The lowest BCUT2D eigenvalue weighted by Crippen LogP contribution is -2.20. The molecule has 0 fully saturated rings. The molecule has 6 heteroatoms. The van der Waals surface area contributed by atoms with E-state index in [2.05, 4.69) is 10.3 Å². The van der Waals surface area contributed by atoms with Gasteiger partial charge in [-0.15, -0.1) is 0 Å². The van der Waals surface area contributed by atoms with Gasteiger partial charge in [0.2, 0.25) is 5.91 Å². The number of hydrogen-bond acceptors (Lipinski definition) is 4. The molecule has 0 aliphatic rings. The highest BCUT2D eigenvalue weighted by atomic mass is 16.5. The minimum absolute atomic E-state index is 0.0994. The summed E-state index contributed by atoms with van der Waals surface area (Å²) in [6, 6.07) is 10.9. The molecule has 1 aromatic carbocycles. The van der Waals surface area contributed by atoms with Crippen LogP contribution < -0.4 is 10.1 Å². The van der Waals surface area contributed by atoms with E-state index >= 15 is 0 Å². The van der Waals surface area contributed by atoms with Gasteiger partial charge in [-0.3, -0.25) is 4.79 Å². The zero-order chi connectivity index (χ0) is 18.5. The molecular formula is C20H21N3O3. The van der Waals surface area contributed by atoms with Crippen LogP contribution in [0.15, 0.2) is 54.9 Å². The van der Waals surface area contributed by atoms with Crippen molar-refractivity contribution in [3.8, 4) is 11.5 Å². The third kappa shape index (κ3) is 4.42. The molecule has 0 spiro atoms. The molecule has 0 bridgehead atoms. The van der Waals surface area contributed by atoms with Gasteiger partial charge in [-0.2, -0.15) is 0 Å². The smallest absolute Gasteiger partial charge is 0.244 e. The molecule has 0 unspecified atom stereocenters. The van der Waals surface area contributed by atoms with Crippen LogP contribution in [0.2, 0.25) is 0 Å². The molecule has 3 rings (SSSR count). The molecule has 0 radical (unpaired) electrons. The van der Waals surface area contributed by atoms with Crippen LogP contribution in [0, 0.1) is 0 Å². The second kappa shape index (κ2) is 7.74. The molecule has 3 aromatic rings. The van der Waals surface area contributed by atoms with Gasteiger partial charge in [-0.1, -0.05) is 12.1 Å². The monoisotopic (exact) mass is 351 g/mol. The topological polar surface area (TPSA) is 75.9 Å². The van der Waals surface area contributed by atoms with E-state index in [0.717, 1.165) is 11.3 Å². The Labute approximate surface area is 151 Å². The van der Waals surface area contributed by atoms with Gasteiger partial charge in [0.15, 0.2) is 11.4 Å². The molecule has 2 aromatic heterocycles. The number of fused-ring (bicyclic) bond motifs is 1. The van der Waals surface area contributed by atoms with Gasteiger partial charge >= 0.3 is 0 Å². The quantitative estimate of drug-likeness (QED) is 0.669. The number of ether oxygens (including phenoxy) is 1. The number of aromatic hydroxyl groups is 1. The van der Waals surface area contributed by atoms with Crippen molar-refractivity contribution >= 4 is 17.6 Å². The SMILES string of the molecule is CC(C)Oc1cccc(/C=C/C(=O)NCc2cn3cccc(O)c3n2)c1. The first-order valence-corrected chi connectivity index (χ1v) is 8.39. The molecule has 0 saturated heterocycles. The minimum atomic E-state index is -0.221. The second-order valence-corrected chi connectivity index (χ2v) is 6.15. The van der Waals surface area contributed by atoms with Crippen LogP contribution in [0.3, 0.4) is 0 Å². The molecule has 0 atom stereocenters. The summed E-state index contributed by atoms with van der Waals surface area (Å²) in [7, 11) is 0. The fraction of sp³-hybridized carbons (Fsp3) is 0.200. The molecular weight excluding hydrogens is 330 g/mol. The maximum Gasteiger partial charge on any atom is 0.244 e. The van der Waals surface area contributed by atoms with Crippen molar-refractivity contribution in [2.45, 2.75) is 26.5 Å². The fourth-order valence-electron chi connectivity index (χ4n) is 2.51. The Morgan fingerprint density at radius 2 is 2.19 bits per heavy atom. The highest BCUT2D eigenvalue weighted by molar-refractivity contribution is 5.91. The van der Waals surface area contributed by atoms with Crippen LogP contribution in [-0.2, 0) is 11.3 Å². The summed E-state index contributed by atoms with van der Waals surface area (Å²) >= 11 is 0. The Balaban J connectivity index is 1.59. The van der Waals surface area contributed by atoms with E-state index in [1.807, 2.05) is 38.1 Å². The number of carbonyl (C=O) groups excluding carboxylic acids is 1. The first-order valence-electron chi connectivity index (χ1n) is 8.39. The Morgan fingerprint density at radius 3 is 2.96 bits per heavy atom. The number of benzene rings is 1. The number of pyridine rings is 1. The Hall–Kier alpha value is -3.28. The summed E-state index contributed by atoms with van der Waals surface area (Å²) in [6.07, 6.45) is 6.87. The summed E-state index contributed by atoms with van der Waals surface area (Å²) in [5.74, 6) is 0.655. The molecule has 1 amide bonds. The molecule has 2 heterocycles. The van der Waals surface area contributed by atoms with Crippen molar-refractivity contribution in [3.05, 3.63) is 66.1 Å². The lowest BCUT2D eigenvalue weighted by Gasteiger charge is -2.09. The average Bonchev–Trinajstić information content (AvgIpc) is 3.02. The minimum Gasteiger partial charge on any atom is -0.504 e. The van der Waals surface area contributed by atoms with Crippen LogP contribution in [0.1, 0.15) is 25.1 Å². The van der Waals surface area contributed by atoms with E-state index in [1.54, 1.807) is 35.0 Å². The fourth-order valence-corrected chi connectivity index (χ4v) is 2.51. The number of nitrogens with one attached hydrogen (secondary N) is 1. The summed E-state index contributed by atoms with van der Waals surface area (Å²) < 4.78 is 7.36. The van der Waals surface area contributed by atoms with E-state index in [9.17, 15) is 9.90 Å². The Kier molecular flexibility index (Phi) is 5.22. The predicted octanol–water partition coefficient (Wildman–Crippen LogP) is 3.16. The number of carbonyl (C=O) groups is 1. The summed E-state index contributed by atoms with van der Waals surface area (Å²) in [6.45, 7) is 4.21. The lowest BCUT2D eigenvalue weighted by molar-refractivity contribution is -0.116. The van der Waals surface area contributed by atoms with Gasteiger partial charge < -0.3 is 19.6 Å². The van der Waals surface area contributed by atoms with E-state index in [-0.39, 0.29) is 24.3 Å². The van der Waals surface area contributed by atoms with Crippen molar-refractivity contribution in [2.75, 3.05) is 0 Å². The first-order chi connectivity index (χ1) is 12.5. The zero-order valence-corrected chi connectivity index (χ0v) is 14.7. The van der Waals surface area contributed by atoms with Crippen LogP contribution in [0.5, 0.6) is 11.5 Å². The van der Waals surface area contributed by atoms with Crippen LogP contribution in [-0.4, -0.2) is 26.5 Å². The summed E-state index contributed by atoms with van der Waals surface area (Å²) in [5.41, 5.74) is 2.02. The normalized spacial score (nSPS) is 11.3. The third-order valence-electron chi connectivity index (χ3n) is 3.61. The van der Waals surface area contributed by atoms with Gasteiger partial charge in [0.1, 0.15) is 5.75 Å². The number of imidazole rings is 1. The molecule has 2 N–H and O–H groups in total. The largest absolute Gasteiger partial charge is 0.504 e. The van der Waals surface area contributed by atoms with E-state index in [4.69, 9.17) is 4.74 Å². The number of hydrogen-bond donors (Lipinski definition) is 2. The van der Waals surface area contributed by atoms with E-state index < -0.39 is 0 Å². The Bertz CT molecular complexity index is 944. The van der Waals surface area contributed by atoms with Gasteiger partial charge in [-0.25, -0.2) is 4.98 Å².